The number of carbonyl (C=O) groups excluding carboxylic acids is 2. The number of non-ortho nitro benzene ring substituents is 1. The molecule has 12 heteroatoms. The number of fused-ring (bicyclic) bond motifs is 1. The van der Waals surface area contributed by atoms with E-state index in [0.717, 1.165) is 27.7 Å². The van der Waals surface area contributed by atoms with Crippen molar-refractivity contribution >= 4 is 57.4 Å². The number of halogens is 1. The second-order valence-electron chi connectivity index (χ2n) is 11.3. The zero-order chi connectivity index (χ0) is 33.1. The molecule has 5 rings (SSSR count). The molecule has 0 bridgehead atoms. The number of amides is 2. The molecule has 1 aliphatic carbocycles. The van der Waals surface area contributed by atoms with Gasteiger partial charge in [0.05, 0.1) is 52.4 Å². The predicted octanol–water partition coefficient (Wildman–Crippen LogP) is 4.70. The van der Waals surface area contributed by atoms with Gasteiger partial charge in [0.15, 0.2) is 11.5 Å². The zero-order valence-corrected chi connectivity index (χ0v) is 27.0. The fourth-order valence-electron chi connectivity index (χ4n) is 6.54. The standard InChI is InChI=1S/C34H33IN2O9/c1-46-29-14-19(13-27(35)32(29)41)12-21(20-6-3-2-4-7-20)10-11-28(40)30-22(17-38)15-25-31(26(30)18-39)34(43)36(33(25)42)23-8-5-9-24(16-23)37(44)45/h2-9,12-14,16,25-26,28,31,38-41H,10-11,15,17-18H2,1H3/b21-12-/t25-,26+,28-,31-/m1/s1. The molecule has 0 saturated carbocycles. The molecule has 1 saturated heterocycles. The molecule has 0 spiro atoms. The van der Waals surface area contributed by atoms with Crippen LogP contribution in [0.4, 0.5) is 11.4 Å². The van der Waals surface area contributed by atoms with Crippen LogP contribution in [0.15, 0.2) is 77.9 Å². The number of aliphatic hydroxyl groups is 3. The lowest BCUT2D eigenvalue weighted by Gasteiger charge is -2.36. The second kappa shape index (κ2) is 14.1. The number of aromatic hydroxyl groups is 1. The summed E-state index contributed by atoms with van der Waals surface area (Å²) in [5.74, 6) is -3.67. The third-order valence-corrected chi connectivity index (χ3v) is 9.50. The Morgan fingerprint density at radius 3 is 2.50 bits per heavy atom. The van der Waals surface area contributed by atoms with E-state index in [1.165, 1.54) is 25.3 Å². The molecule has 3 aromatic rings. The van der Waals surface area contributed by atoms with Gasteiger partial charge in [-0.3, -0.25) is 19.7 Å². The maximum Gasteiger partial charge on any atom is 0.271 e. The summed E-state index contributed by atoms with van der Waals surface area (Å²) < 4.78 is 5.92. The van der Waals surface area contributed by atoms with Crippen LogP contribution in [0.3, 0.4) is 0 Å². The number of phenols is 1. The maximum atomic E-state index is 13.7. The number of phenolic OH excluding ortho intramolecular Hbond substituents is 1. The topological polar surface area (TPSA) is 171 Å². The number of nitro benzene ring substituents is 1. The molecular formula is C34H33IN2O9. The van der Waals surface area contributed by atoms with Crippen molar-refractivity contribution in [2.45, 2.75) is 25.4 Å². The van der Waals surface area contributed by atoms with Crippen molar-refractivity contribution in [3.05, 3.63) is 103 Å². The van der Waals surface area contributed by atoms with Gasteiger partial charge in [-0.25, -0.2) is 4.90 Å². The average molecular weight is 741 g/mol. The quantitative estimate of drug-likeness (QED) is 0.0544. The highest BCUT2D eigenvalue weighted by Gasteiger charge is 2.55. The molecule has 1 heterocycles. The number of allylic oxidation sites excluding steroid dienone is 1. The van der Waals surface area contributed by atoms with Crippen LogP contribution in [0.5, 0.6) is 11.5 Å². The number of anilines is 1. The second-order valence-corrected chi connectivity index (χ2v) is 12.4. The summed E-state index contributed by atoms with van der Waals surface area (Å²) in [5.41, 5.74) is 3.04. The monoisotopic (exact) mass is 740 g/mol. The van der Waals surface area contributed by atoms with E-state index in [1.807, 2.05) is 65.1 Å². The summed E-state index contributed by atoms with van der Waals surface area (Å²) in [6.07, 6.45) is 1.33. The van der Waals surface area contributed by atoms with Crippen molar-refractivity contribution < 1.29 is 39.7 Å². The van der Waals surface area contributed by atoms with Gasteiger partial charge in [-0.1, -0.05) is 42.5 Å². The van der Waals surface area contributed by atoms with Crippen LogP contribution in [0.2, 0.25) is 0 Å². The van der Waals surface area contributed by atoms with Crippen LogP contribution < -0.4 is 9.64 Å². The molecule has 0 radical (unpaired) electrons. The molecule has 1 aliphatic heterocycles. The average Bonchev–Trinajstić information content (AvgIpc) is 3.32. The van der Waals surface area contributed by atoms with E-state index >= 15 is 0 Å². The number of aliphatic hydroxyl groups excluding tert-OH is 3. The Labute approximate surface area is 278 Å². The van der Waals surface area contributed by atoms with E-state index in [4.69, 9.17) is 4.74 Å². The molecule has 46 heavy (non-hydrogen) atoms. The lowest BCUT2D eigenvalue weighted by atomic mass is 9.68. The van der Waals surface area contributed by atoms with Crippen molar-refractivity contribution in [1.82, 2.24) is 0 Å². The zero-order valence-electron chi connectivity index (χ0n) is 24.9. The molecule has 2 amide bonds. The number of hydrogen-bond acceptors (Lipinski definition) is 9. The first kappa shape index (κ1) is 33.3. The molecule has 0 unspecified atom stereocenters. The minimum absolute atomic E-state index is 0.00712. The number of methoxy groups -OCH3 is 1. The first-order chi connectivity index (χ1) is 22.1. The van der Waals surface area contributed by atoms with Gasteiger partial charge in [0, 0.05) is 18.1 Å². The van der Waals surface area contributed by atoms with Crippen molar-refractivity contribution in [3.63, 3.8) is 0 Å². The number of benzene rings is 3. The molecule has 0 aromatic heterocycles. The highest BCUT2D eigenvalue weighted by molar-refractivity contribution is 14.1. The molecule has 11 nitrogen and oxygen atoms in total. The van der Waals surface area contributed by atoms with E-state index in [-0.39, 0.29) is 30.0 Å². The van der Waals surface area contributed by atoms with Crippen molar-refractivity contribution in [2.24, 2.45) is 17.8 Å². The number of nitrogens with zero attached hydrogens (tertiary/aromatic N) is 2. The van der Waals surface area contributed by atoms with E-state index in [9.17, 15) is 40.1 Å². The number of nitro groups is 1. The van der Waals surface area contributed by atoms with Crippen LogP contribution in [-0.2, 0) is 9.59 Å². The predicted molar refractivity (Wildman–Crippen MR) is 179 cm³/mol. The minimum atomic E-state index is -1.16. The van der Waals surface area contributed by atoms with Crippen LogP contribution in [0.25, 0.3) is 11.6 Å². The van der Waals surface area contributed by atoms with Gasteiger partial charge < -0.3 is 25.2 Å². The number of imide groups is 1. The SMILES string of the molecule is COc1cc(/C=C(/CC[C@@H](O)C2=C(CO)C[C@H]3C(=O)N(c4cccc([N+](=O)[O-])c4)C(=O)[C@H]3[C@H]2CO)c2ccccc2)cc(I)c1O. The highest BCUT2D eigenvalue weighted by Crippen LogP contribution is 2.47. The van der Waals surface area contributed by atoms with Gasteiger partial charge in [-0.15, -0.1) is 0 Å². The van der Waals surface area contributed by atoms with E-state index < -0.39 is 53.8 Å². The minimum Gasteiger partial charge on any atom is -0.504 e. The van der Waals surface area contributed by atoms with Crippen LogP contribution in [0.1, 0.15) is 30.4 Å². The lowest BCUT2D eigenvalue weighted by Crippen LogP contribution is -2.39. The van der Waals surface area contributed by atoms with Gasteiger partial charge in [0.1, 0.15) is 0 Å². The molecule has 1 fully saturated rings. The van der Waals surface area contributed by atoms with Gasteiger partial charge in [-0.05, 0) is 87.9 Å². The van der Waals surface area contributed by atoms with Gasteiger partial charge in [0.25, 0.3) is 5.69 Å². The number of hydrogen-bond donors (Lipinski definition) is 4. The molecule has 3 aromatic carbocycles. The molecule has 2 aliphatic rings. The fourth-order valence-corrected chi connectivity index (χ4v) is 7.16. The lowest BCUT2D eigenvalue weighted by molar-refractivity contribution is -0.384. The Hall–Kier alpha value is -4.11. The highest BCUT2D eigenvalue weighted by atomic mass is 127. The summed E-state index contributed by atoms with van der Waals surface area (Å²) in [5, 5.41) is 54.1. The third-order valence-electron chi connectivity index (χ3n) is 8.67. The summed E-state index contributed by atoms with van der Waals surface area (Å²) >= 11 is 2.02. The smallest absolute Gasteiger partial charge is 0.271 e. The van der Waals surface area contributed by atoms with E-state index in [1.54, 1.807) is 6.07 Å². The number of rotatable bonds is 11. The molecule has 4 atom stereocenters. The van der Waals surface area contributed by atoms with Crippen molar-refractivity contribution in [2.75, 3.05) is 25.2 Å². The number of ether oxygens (including phenoxy) is 1. The Kier molecular flexibility index (Phi) is 10.2. The first-order valence-electron chi connectivity index (χ1n) is 14.7. The van der Waals surface area contributed by atoms with Crippen LogP contribution >= 0.6 is 22.6 Å². The van der Waals surface area contributed by atoms with Gasteiger partial charge in [0.2, 0.25) is 11.8 Å². The Balaban J connectivity index is 1.45. The summed E-state index contributed by atoms with van der Waals surface area (Å²) in [7, 11) is 1.47. The maximum absolute atomic E-state index is 13.7. The molecule has 4 N–H and O–H groups in total. The van der Waals surface area contributed by atoms with Crippen molar-refractivity contribution in [1.29, 1.82) is 0 Å². The Morgan fingerprint density at radius 2 is 1.85 bits per heavy atom. The summed E-state index contributed by atoms with van der Waals surface area (Å²) in [4.78, 5) is 38.9. The Morgan fingerprint density at radius 1 is 1.11 bits per heavy atom. The Bertz CT molecular complexity index is 1720. The molecular weight excluding hydrogens is 707 g/mol. The van der Waals surface area contributed by atoms with E-state index in [2.05, 4.69) is 0 Å². The fraction of sp³-hybridized carbons (Fsp3) is 0.294. The number of carbonyl (C=O) groups is 2. The van der Waals surface area contributed by atoms with E-state index in [0.29, 0.717) is 26.9 Å². The van der Waals surface area contributed by atoms with Crippen LogP contribution in [-0.4, -0.2) is 63.6 Å². The largest absolute Gasteiger partial charge is 0.504 e. The third kappa shape index (κ3) is 6.43. The summed E-state index contributed by atoms with van der Waals surface area (Å²) in [6.45, 7) is -1.02. The first-order valence-corrected chi connectivity index (χ1v) is 15.7. The summed E-state index contributed by atoms with van der Waals surface area (Å²) in [6, 6.07) is 18.3. The van der Waals surface area contributed by atoms with Gasteiger partial charge in [-0.2, -0.15) is 0 Å². The normalized spacial score (nSPS) is 20.6. The van der Waals surface area contributed by atoms with Crippen LogP contribution in [0, 0.1) is 31.4 Å². The van der Waals surface area contributed by atoms with Gasteiger partial charge >= 0.3 is 0 Å². The molecule has 240 valence electrons. The van der Waals surface area contributed by atoms with Crippen molar-refractivity contribution in [3.8, 4) is 11.5 Å².